The first-order chi connectivity index (χ1) is 9.16. The van der Waals surface area contributed by atoms with Crippen molar-refractivity contribution in [3.05, 3.63) is 22.4 Å². The molecule has 0 spiro atoms. The fourth-order valence-electron chi connectivity index (χ4n) is 2.35. The third kappa shape index (κ3) is 4.06. The monoisotopic (exact) mass is 280 g/mol. The summed E-state index contributed by atoms with van der Waals surface area (Å²) in [4.78, 5) is 25.6. The Morgan fingerprint density at radius 3 is 3.05 bits per heavy atom. The van der Waals surface area contributed by atoms with E-state index in [0.29, 0.717) is 24.4 Å². The van der Waals surface area contributed by atoms with Gasteiger partial charge in [-0.25, -0.2) is 0 Å². The molecule has 19 heavy (non-hydrogen) atoms. The smallest absolute Gasteiger partial charge is 0.252 e. The second-order valence-corrected chi connectivity index (χ2v) is 5.89. The molecule has 1 aliphatic rings. The number of thiophene rings is 1. The number of nitrogens with zero attached hydrogens (tertiary/aromatic N) is 1. The molecule has 1 aliphatic heterocycles. The van der Waals surface area contributed by atoms with Crippen LogP contribution in [0.2, 0.25) is 0 Å². The predicted molar refractivity (Wildman–Crippen MR) is 76.2 cm³/mol. The van der Waals surface area contributed by atoms with E-state index in [9.17, 15) is 9.59 Å². The van der Waals surface area contributed by atoms with E-state index in [-0.39, 0.29) is 11.8 Å². The Labute approximate surface area is 117 Å². The van der Waals surface area contributed by atoms with Gasteiger partial charge in [0.05, 0.1) is 0 Å². The topological polar surface area (TPSA) is 49.4 Å². The summed E-state index contributed by atoms with van der Waals surface area (Å²) in [6.07, 6.45) is 2.69. The summed E-state index contributed by atoms with van der Waals surface area (Å²) in [6.45, 7) is 4.31. The number of rotatable bonds is 4. The molecule has 1 aromatic heterocycles. The zero-order valence-electron chi connectivity index (χ0n) is 11.2. The minimum absolute atomic E-state index is 0.0962. The third-order valence-corrected chi connectivity index (χ3v) is 4.10. The van der Waals surface area contributed by atoms with Crippen molar-refractivity contribution < 1.29 is 9.59 Å². The van der Waals surface area contributed by atoms with Crippen molar-refractivity contribution in [1.82, 2.24) is 10.2 Å². The molecule has 0 bridgehead atoms. The van der Waals surface area contributed by atoms with Gasteiger partial charge in [0.1, 0.15) is 0 Å². The van der Waals surface area contributed by atoms with Crippen LogP contribution in [-0.4, -0.2) is 36.3 Å². The average molecular weight is 280 g/mol. The molecule has 2 amide bonds. The Morgan fingerprint density at radius 2 is 2.37 bits per heavy atom. The summed E-state index contributed by atoms with van der Waals surface area (Å²) in [5.74, 6) is 0.649. The predicted octanol–water partition coefficient (Wildman–Crippen LogP) is 2.13. The van der Waals surface area contributed by atoms with Crippen LogP contribution in [0.4, 0.5) is 0 Å². The summed E-state index contributed by atoms with van der Waals surface area (Å²) in [5, 5.41) is 6.47. The number of nitrogens with one attached hydrogen (secondary N) is 1. The van der Waals surface area contributed by atoms with Gasteiger partial charge in [-0.05, 0) is 30.2 Å². The van der Waals surface area contributed by atoms with E-state index >= 15 is 0 Å². The minimum Gasteiger partial charge on any atom is -0.351 e. The van der Waals surface area contributed by atoms with E-state index in [1.807, 2.05) is 15.7 Å². The number of hydrogen-bond acceptors (Lipinski definition) is 3. The van der Waals surface area contributed by atoms with Crippen molar-refractivity contribution in [2.24, 2.45) is 5.92 Å². The second-order valence-electron chi connectivity index (χ2n) is 5.11. The highest BCUT2D eigenvalue weighted by Gasteiger charge is 2.20. The lowest BCUT2D eigenvalue weighted by molar-refractivity contribution is -0.132. The van der Waals surface area contributed by atoms with Gasteiger partial charge in [-0.2, -0.15) is 11.3 Å². The van der Waals surface area contributed by atoms with Crippen LogP contribution in [0, 0.1) is 5.92 Å². The van der Waals surface area contributed by atoms with Crippen LogP contribution in [-0.2, 0) is 4.79 Å². The fourth-order valence-corrected chi connectivity index (χ4v) is 2.99. The molecular weight excluding hydrogens is 260 g/mol. The van der Waals surface area contributed by atoms with Crippen LogP contribution in [0.15, 0.2) is 16.8 Å². The molecule has 1 unspecified atom stereocenters. The van der Waals surface area contributed by atoms with Crippen LogP contribution in [0.1, 0.15) is 36.5 Å². The molecule has 0 aromatic carbocycles. The number of carbonyl (C=O) groups is 2. The highest BCUT2D eigenvalue weighted by atomic mass is 32.1. The molecule has 2 heterocycles. The second kappa shape index (κ2) is 6.70. The molecule has 1 fully saturated rings. The molecule has 1 N–H and O–H groups in total. The van der Waals surface area contributed by atoms with Crippen LogP contribution in [0.3, 0.4) is 0 Å². The molecule has 0 radical (unpaired) electrons. The van der Waals surface area contributed by atoms with Crippen molar-refractivity contribution >= 4 is 23.2 Å². The van der Waals surface area contributed by atoms with Gasteiger partial charge >= 0.3 is 0 Å². The normalized spacial score (nSPS) is 19.2. The van der Waals surface area contributed by atoms with E-state index in [1.54, 1.807) is 6.07 Å². The molecular formula is C14H20N2O2S. The molecule has 5 heteroatoms. The van der Waals surface area contributed by atoms with Gasteiger partial charge in [-0.3, -0.25) is 9.59 Å². The van der Waals surface area contributed by atoms with E-state index in [4.69, 9.17) is 0 Å². The van der Waals surface area contributed by atoms with Crippen LogP contribution < -0.4 is 5.32 Å². The fraction of sp³-hybridized carbons (Fsp3) is 0.571. The summed E-state index contributed by atoms with van der Waals surface area (Å²) >= 11 is 1.49. The van der Waals surface area contributed by atoms with Crippen molar-refractivity contribution in [2.45, 2.75) is 26.2 Å². The van der Waals surface area contributed by atoms with Crippen molar-refractivity contribution in [3.8, 4) is 0 Å². The van der Waals surface area contributed by atoms with Crippen molar-refractivity contribution in [3.63, 3.8) is 0 Å². The molecule has 1 saturated heterocycles. The minimum atomic E-state index is -0.0962. The van der Waals surface area contributed by atoms with Gasteiger partial charge < -0.3 is 10.2 Å². The lowest BCUT2D eigenvalue weighted by atomic mass is 10.00. The van der Waals surface area contributed by atoms with E-state index in [0.717, 1.165) is 19.5 Å². The maximum Gasteiger partial charge on any atom is 0.252 e. The van der Waals surface area contributed by atoms with Crippen LogP contribution in [0.25, 0.3) is 0 Å². The third-order valence-electron chi connectivity index (χ3n) is 3.42. The van der Waals surface area contributed by atoms with Gasteiger partial charge in [0.15, 0.2) is 0 Å². The van der Waals surface area contributed by atoms with Crippen LogP contribution >= 0.6 is 11.3 Å². The standard InChI is InChI=1S/C14H20N2O2S/c1-11-3-2-7-16(9-11)13(17)4-6-15-14(18)12-5-8-19-10-12/h5,8,10-11H,2-4,6-7,9H2,1H3,(H,15,18). The first-order valence-corrected chi connectivity index (χ1v) is 7.69. The quantitative estimate of drug-likeness (QED) is 0.918. The molecule has 104 valence electrons. The molecule has 0 aliphatic carbocycles. The molecule has 1 aromatic rings. The Hall–Kier alpha value is -1.36. The number of amides is 2. The maximum absolute atomic E-state index is 12.0. The number of hydrogen-bond donors (Lipinski definition) is 1. The van der Waals surface area contributed by atoms with E-state index < -0.39 is 0 Å². The highest BCUT2D eigenvalue weighted by Crippen LogP contribution is 2.15. The Balaban J connectivity index is 1.70. The number of carbonyl (C=O) groups excluding carboxylic acids is 2. The first-order valence-electron chi connectivity index (χ1n) is 6.75. The molecule has 4 nitrogen and oxygen atoms in total. The zero-order chi connectivity index (χ0) is 13.7. The van der Waals surface area contributed by atoms with E-state index in [2.05, 4.69) is 12.2 Å². The van der Waals surface area contributed by atoms with Gasteiger partial charge in [0, 0.05) is 37.0 Å². The zero-order valence-corrected chi connectivity index (χ0v) is 12.0. The Morgan fingerprint density at radius 1 is 1.53 bits per heavy atom. The largest absolute Gasteiger partial charge is 0.351 e. The molecule has 1 atom stereocenters. The van der Waals surface area contributed by atoms with E-state index in [1.165, 1.54) is 17.8 Å². The first kappa shape index (κ1) is 14.1. The van der Waals surface area contributed by atoms with Gasteiger partial charge in [-0.1, -0.05) is 6.92 Å². The maximum atomic E-state index is 12.0. The summed E-state index contributed by atoms with van der Waals surface area (Å²) < 4.78 is 0. The van der Waals surface area contributed by atoms with Gasteiger partial charge in [0.2, 0.25) is 5.91 Å². The van der Waals surface area contributed by atoms with Gasteiger partial charge in [0.25, 0.3) is 5.91 Å². The highest BCUT2D eigenvalue weighted by molar-refractivity contribution is 7.08. The number of likely N-dealkylation sites (tertiary alicyclic amines) is 1. The summed E-state index contributed by atoms with van der Waals surface area (Å²) in [7, 11) is 0. The molecule has 2 rings (SSSR count). The van der Waals surface area contributed by atoms with Gasteiger partial charge in [-0.15, -0.1) is 0 Å². The SMILES string of the molecule is CC1CCCN(C(=O)CCNC(=O)c2ccsc2)C1. The Kier molecular flexibility index (Phi) is 4.96. The molecule has 0 saturated carbocycles. The lowest BCUT2D eigenvalue weighted by Gasteiger charge is -2.31. The van der Waals surface area contributed by atoms with Crippen molar-refractivity contribution in [1.29, 1.82) is 0 Å². The summed E-state index contributed by atoms with van der Waals surface area (Å²) in [6, 6.07) is 1.79. The summed E-state index contributed by atoms with van der Waals surface area (Å²) in [5.41, 5.74) is 0.670. The Bertz CT molecular complexity index is 431. The van der Waals surface area contributed by atoms with Crippen LogP contribution in [0.5, 0.6) is 0 Å². The van der Waals surface area contributed by atoms with Crippen molar-refractivity contribution in [2.75, 3.05) is 19.6 Å². The average Bonchev–Trinajstić information content (AvgIpc) is 2.92. The number of piperidine rings is 1. The lowest BCUT2D eigenvalue weighted by Crippen LogP contribution is -2.40.